The molecular weight excluding hydrogens is 354 g/mol. The van der Waals surface area contributed by atoms with Crippen molar-refractivity contribution in [1.29, 1.82) is 0 Å². The van der Waals surface area contributed by atoms with Crippen molar-refractivity contribution in [3.8, 4) is 5.75 Å². The van der Waals surface area contributed by atoms with E-state index in [0.717, 1.165) is 13.1 Å². The quantitative estimate of drug-likeness (QED) is 0.566. The normalized spacial score (nSPS) is 15.5. The summed E-state index contributed by atoms with van der Waals surface area (Å²) in [6, 6.07) is 10.3. The number of nitro benzene ring substituents is 1. The zero-order valence-corrected chi connectivity index (χ0v) is 15.1. The summed E-state index contributed by atoms with van der Waals surface area (Å²) >= 11 is 1.69. The van der Waals surface area contributed by atoms with Gasteiger partial charge in [0.25, 0.3) is 5.91 Å². The summed E-state index contributed by atoms with van der Waals surface area (Å²) < 4.78 is 5.34. The van der Waals surface area contributed by atoms with Gasteiger partial charge in [-0.15, -0.1) is 11.3 Å². The van der Waals surface area contributed by atoms with Crippen molar-refractivity contribution in [2.45, 2.75) is 18.9 Å². The first-order chi connectivity index (χ1) is 12.6. The molecule has 8 heteroatoms. The maximum Gasteiger partial charge on any atom is 0.310 e. The molecule has 0 aliphatic carbocycles. The number of likely N-dealkylation sites (tertiary alicyclic amines) is 1. The summed E-state index contributed by atoms with van der Waals surface area (Å²) in [4.78, 5) is 26.2. The van der Waals surface area contributed by atoms with Crippen LogP contribution in [0.2, 0.25) is 0 Å². The Morgan fingerprint density at radius 2 is 2.04 bits per heavy atom. The number of amides is 1. The van der Waals surface area contributed by atoms with Gasteiger partial charge in [-0.05, 0) is 43.4 Å². The lowest BCUT2D eigenvalue weighted by Crippen LogP contribution is -2.38. The second-order valence-electron chi connectivity index (χ2n) is 6.09. The number of nitrogens with one attached hydrogen (secondary N) is 1. The molecule has 0 radical (unpaired) electrons. The Morgan fingerprint density at radius 3 is 2.73 bits per heavy atom. The molecule has 1 aromatic carbocycles. The highest BCUT2D eigenvalue weighted by Gasteiger charge is 2.24. The van der Waals surface area contributed by atoms with Crippen LogP contribution in [-0.4, -0.2) is 42.0 Å². The van der Waals surface area contributed by atoms with Crippen molar-refractivity contribution in [2.75, 3.05) is 26.2 Å². The van der Waals surface area contributed by atoms with Crippen molar-refractivity contribution >= 4 is 22.9 Å². The van der Waals surface area contributed by atoms with Crippen molar-refractivity contribution in [2.24, 2.45) is 0 Å². The number of para-hydroxylation sites is 2. The molecule has 1 N–H and O–H groups in total. The van der Waals surface area contributed by atoms with Crippen LogP contribution < -0.4 is 10.1 Å². The van der Waals surface area contributed by atoms with Gasteiger partial charge in [-0.1, -0.05) is 18.2 Å². The molecule has 0 unspecified atom stereocenters. The van der Waals surface area contributed by atoms with Gasteiger partial charge in [-0.2, -0.15) is 0 Å². The summed E-state index contributed by atoms with van der Waals surface area (Å²) in [7, 11) is 0. The first kappa shape index (κ1) is 18.3. The van der Waals surface area contributed by atoms with Gasteiger partial charge < -0.3 is 10.1 Å². The maximum absolute atomic E-state index is 12.2. The summed E-state index contributed by atoms with van der Waals surface area (Å²) in [5, 5.41) is 15.9. The number of rotatable bonds is 8. The number of carbonyl (C=O) groups excluding carboxylic acids is 1. The number of thiophene rings is 1. The molecule has 138 valence electrons. The third kappa shape index (κ3) is 4.59. The Bertz CT molecular complexity index is 745. The summed E-state index contributed by atoms with van der Waals surface area (Å²) in [5.74, 6) is -0.189. The fourth-order valence-electron chi connectivity index (χ4n) is 3.08. The summed E-state index contributed by atoms with van der Waals surface area (Å²) in [6.07, 6.45) is 2.35. The van der Waals surface area contributed by atoms with Gasteiger partial charge in [0, 0.05) is 17.5 Å². The Balaban J connectivity index is 1.55. The Labute approximate surface area is 155 Å². The minimum absolute atomic E-state index is 0.0991. The first-order valence-corrected chi connectivity index (χ1v) is 9.43. The highest BCUT2D eigenvalue weighted by atomic mass is 32.1. The number of carbonyl (C=O) groups is 1. The molecule has 1 aliphatic rings. The van der Waals surface area contributed by atoms with Crippen LogP contribution in [0.15, 0.2) is 41.8 Å². The van der Waals surface area contributed by atoms with Crippen molar-refractivity contribution in [3.05, 3.63) is 56.8 Å². The number of benzene rings is 1. The van der Waals surface area contributed by atoms with E-state index in [0.29, 0.717) is 6.54 Å². The van der Waals surface area contributed by atoms with Crippen LogP contribution in [0.25, 0.3) is 0 Å². The number of hydrogen-bond donors (Lipinski definition) is 1. The van der Waals surface area contributed by atoms with Crippen LogP contribution in [0.3, 0.4) is 0 Å². The highest BCUT2D eigenvalue weighted by Crippen LogP contribution is 2.28. The second kappa shape index (κ2) is 8.77. The van der Waals surface area contributed by atoms with Crippen molar-refractivity contribution in [1.82, 2.24) is 10.2 Å². The third-order valence-electron chi connectivity index (χ3n) is 4.37. The zero-order chi connectivity index (χ0) is 18.4. The monoisotopic (exact) mass is 375 g/mol. The first-order valence-electron chi connectivity index (χ1n) is 8.55. The molecule has 1 aromatic heterocycles. The molecule has 0 spiro atoms. The molecule has 2 heterocycles. The van der Waals surface area contributed by atoms with Crippen LogP contribution in [-0.2, 0) is 4.79 Å². The van der Waals surface area contributed by atoms with Gasteiger partial charge in [-0.3, -0.25) is 19.8 Å². The van der Waals surface area contributed by atoms with E-state index in [2.05, 4.69) is 16.3 Å². The van der Waals surface area contributed by atoms with E-state index in [4.69, 9.17) is 4.74 Å². The fraction of sp³-hybridized carbons (Fsp3) is 0.389. The third-order valence-corrected chi connectivity index (χ3v) is 5.34. The lowest BCUT2D eigenvalue weighted by molar-refractivity contribution is -0.385. The molecule has 0 bridgehead atoms. The minimum atomic E-state index is -0.520. The van der Waals surface area contributed by atoms with Crippen LogP contribution in [0.5, 0.6) is 5.75 Å². The van der Waals surface area contributed by atoms with Crippen LogP contribution in [0, 0.1) is 10.1 Å². The molecule has 1 atom stereocenters. The lowest BCUT2D eigenvalue weighted by atomic mass is 10.2. The highest BCUT2D eigenvalue weighted by molar-refractivity contribution is 7.10. The largest absolute Gasteiger partial charge is 0.477 e. The number of hydrogen-bond acceptors (Lipinski definition) is 6. The van der Waals surface area contributed by atoms with Crippen molar-refractivity contribution in [3.63, 3.8) is 0 Å². The minimum Gasteiger partial charge on any atom is -0.477 e. The van der Waals surface area contributed by atoms with Gasteiger partial charge in [0.1, 0.15) is 0 Å². The van der Waals surface area contributed by atoms with E-state index in [9.17, 15) is 14.9 Å². The molecule has 1 amide bonds. The van der Waals surface area contributed by atoms with E-state index in [1.807, 2.05) is 11.4 Å². The molecule has 3 rings (SSSR count). The molecule has 1 aliphatic heterocycles. The number of nitro groups is 1. The van der Waals surface area contributed by atoms with E-state index in [1.165, 1.54) is 29.9 Å². The number of nitrogens with zero attached hydrogens (tertiary/aromatic N) is 2. The number of ether oxygens (including phenoxy) is 1. The zero-order valence-electron chi connectivity index (χ0n) is 14.3. The molecule has 26 heavy (non-hydrogen) atoms. The van der Waals surface area contributed by atoms with Gasteiger partial charge in [0.2, 0.25) is 0 Å². The van der Waals surface area contributed by atoms with Gasteiger partial charge >= 0.3 is 5.69 Å². The molecule has 0 saturated carbocycles. The van der Waals surface area contributed by atoms with Gasteiger partial charge in [-0.25, -0.2) is 0 Å². The van der Waals surface area contributed by atoms with Crippen molar-refractivity contribution < 1.29 is 14.5 Å². The van der Waals surface area contributed by atoms with Crippen LogP contribution in [0.4, 0.5) is 5.69 Å². The predicted molar refractivity (Wildman–Crippen MR) is 99.5 cm³/mol. The van der Waals surface area contributed by atoms with E-state index >= 15 is 0 Å². The molecule has 1 saturated heterocycles. The van der Waals surface area contributed by atoms with Crippen LogP contribution in [0.1, 0.15) is 23.8 Å². The Morgan fingerprint density at radius 1 is 1.27 bits per heavy atom. The Hall–Kier alpha value is -2.45. The standard InChI is InChI=1S/C18H21N3O4S/c22-18(13-25-16-7-2-1-6-14(16)21(23)24)19-12-15(17-8-5-11-26-17)20-9-3-4-10-20/h1-2,5-8,11,15H,3-4,9-10,12-13H2,(H,19,22)/t15-/m0/s1. The average Bonchev–Trinajstić information content (AvgIpc) is 3.35. The SMILES string of the molecule is O=C(COc1ccccc1[N+](=O)[O-])NC[C@@H](c1cccs1)N1CCCC1. The lowest BCUT2D eigenvalue weighted by Gasteiger charge is -2.26. The fourth-order valence-corrected chi connectivity index (χ4v) is 3.94. The molecule has 2 aromatic rings. The maximum atomic E-state index is 12.2. The van der Waals surface area contributed by atoms with Gasteiger partial charge in [0.05, 0.1) is 11.0 Å². The topological polar surface area (TPSA) is 84.7 Å². The smallest absolute Gasteiger partial charge is 0.310 e. The summed E-state index contributed by atoms with van der Waals surface area (Å²) in [5.41, 5.74) is -0.145. The average molecular weight is 375 g/mol. The van der Waals surface area contributed by atoms with E-state index in [1.54, 1.807) is 23.5 Å². The molecule has 7 nitrogen and oxygen atoms in total. The molecular formula is C18H21N3O4S. The Kier molecular flexibility index (Phi) is 6.19. The molecule has 1 fully saturated rings. The summed E-state index contributed by atoms with van der Waals surface area (Å²) in [6.45, 7) is 2.32. The van der Waals surface area contributed by atoms with E-state index < -0.39 is 4.92 Å². The van der Waals surface area contributed by atoms with Crippen LogP contribution >= 0.6 is 11.3 Å². The predicted octanol–water partition coefficient (Wildman–Crippen LogP) is 2.99. The van der Waals surface area contributed by atoms with E-state index in [-0.39, 0.29) is 30.0 Å². The second-order valence-corrected chi connectivity index (χ2v) is 7.07. The van der Waals surface area contributed by atoms with Gasteiger partial charge in [0.15, 0.2) is 12.4 Å².